The van der Waals surface area contributed by atoms with E-state index in [4.69, 9.17) is 15.0 Å². The Labute approximate surface area is 371 Å². The zero-order chi connectivity index (χ0) is 41.9. The molecule has 1 unspecified atom stereocenters. The Morgan fingerprint density at radius 2 is 1.09 bits per heavy atom. The average Bonchev–Trinajstić information content (AvgIpc) is 4.10. The van der Waals surface area contributed by atoms with Crippen LogP contribution in [0.15, 0.2) is 199 Å². The molecule has 0 bridgehead atoms. The maximum Gasteiger partial charge on any atom is 0.145 e. The number of nitrogens with zero attached hydrogens (tertiary/aromatic N) is 6. The minimum Gasteiger partial charge on any atom is -0.316 e. The molecule has 0 aliphatic carbocycles. The van der Waals surface area contributed by atoms with E-state index in [1.165, 1.54) is 58.6 Å². The monoisotopic (exact) mass is 836 g/mol. The van der Waals surface area contributed by atoms with Gasteiger partial charge in [-0.2, -0.15) is 0 Å². The number of para-hydroxylation sites is 2. The topological polar surface area (TPSA) is 52.9 Å². The SMILES string of the molecule is C1=Nc2c(c3cc(-n4c5ccccc5c5cccnc54)ccc3n2-c2cccc(-c3cccc(-c4cccc5c4sc4ccccc45)c3)c2)CC1n1c2ccccc2c2cccnc21. The second-order valence-electron chi connectivity index (χ2n) is 16.8. The van der Waals surface area contributed by atoms with Crippen LogP contribution in [-0.2, 0) is 6.42 Å². The van der Waals surface area contributed by atoms with E-state index in [9.17, 15) is 0 Å². The van der Waals surface area contributed by atoms with E-state index in [0.29, 0.717) is 0 Å². The minimum atomic E-state index is -0.0399. The molecule has 13 aromatic rings. The molecule has 1 atom stereocenters. The van der Waals surface area contributed by atoms with Crippen LogP contribution in [0.2, 0.25) is 0 Å². The zero-order valence-electron chi connectivity index (χ0n) is 34.4. The van der Waals surface area contributed by atoms with Crippen molar-refractivity contribution in [1.29, 1.82) is 0 Å². The van der Waals surface area contributed by atoms with Crippen LogP contribution in [0.4, 0.5) is 5.82 Å². The van der Waals surface area contributed by atoms with Crippen molar-refractivity contribution in [2.75, 3.05) is 0 Å². The Morgan fingerprint density at radius 1 is 0.453 bits per heavy atom. The number of thiophene rings is 1. The van der Waals surface area contributed by atoms with Gasteiger partial charge in [0.25, 0.3) is 0 Å². The molecule has 7 heterocycles. The van der Waals surface area contributed by atoms with Crippen LogP contribution in [0.5, 0.6) is 0 Å². The number of hydrogen-bond acceptors (Lipinski definition) is 4. The van der Waals surface area contributed by atoms with Crippen molar-refractivity contribution >= 4 is 98.3 Å². The zero-order valence-corrected chi connectivity index (χ0v) is 35.2. The van der Waals surface area contributed by atoms with Crippen molar-refractivity contribution in [2.24, 2.45) is 4.99 Å². The van der Waals surface area contributed by atoms with Crippen LogP contribution in [0.1, 0.15) is 11.6 Å². The molecule has 6 nitrogen and oxygen atoms in total. The molecule has 0 amide bonds. The predicted octanol–water partition coefficient (Wildman–Crippen LogP) is 14.8. The van der Waals surface area contributed by atoms with E-state index in [2.05, 4.69) is 190 Å². The lowest BCUT2D eigenvalue weighted by atomic mass is 9.97. The van der Waals surface area contributed by atoms with Crippen LogP contribution in [-0.4, -0.2) is 29.9 Å². The fourth-order valence-corrected chi connectivity index (χ4v) is 11.8. The summed E-state index contributed by atoms with van der Waals surface area (Å²) >= 11 is 1.87. The normalized spacial score (nSPS) is 14.0. The number of pyridine rings is 2. The first-order chi connectivity index (χ1) is 31.7. The molecule has 64 heavy (non-hydrogen) atoms. The van der Waals surface area contributed by atoms with Crippen molar-refractivity contribution in [3.05, 3.63) is 200 Å². The van der Waals surface area contributed by atoms with E-state index in [1.807, 2.05) is 35.9 Å². The molecule has 1 aliphatic rings. The van der Waals surface area contributed by atoms with Crippen LogP contribution in [0.3, 0.4) is 0 Å². The summed E-state index contributed by atoms with van der Waals surface area (Å²) in [5, 5.41) is 8.49. The van der Waals surface area contributed by atoms with Gasteiger partial charge in [-0.05, 0) is 101 Å². The van der Waals surface area contributed by atoms with Gasteiger partial charge in [-0.15, -0.1) is 11.3 Å². The minimum absolute atomic E-state index is 0.0399. The number of fused-ring (bicyclic) bond motifs is 12. The Hall–Kier alpha value is -8.13. The molecule has 14 rings (SSSR count). The number of benzene rings is 7. The largest absolute Gasteiger partial charge is 0.316 e. The molecule has 0 saturated carbocycles. The molecule has 300 valence electrons. The fourth-order valence-electron chi connectivity index (χ4n) is 10.5. The fraction of sp³-hybridized carbons (Fsp3) is 0.0351. The van der Waals surface area contributed by atoms with Crippen molar-refractivity contribution < 1.29 is 0 Å². The number of rotatable bonds is 5. The quantitative estimate of drug-likeness (QED) is 0.173. The van der Waals surface area contributed by atoms with Gasteiger partial charge in [0.1, 0.15) is 17.1 Å². The van der Waals surface area contributed by atoms with E-state index in [0.717, 1.165) is 67.8 Å². The molecule has 0 N–H and O–H groups in total. The highest BCUT2D eigenvalue weighted by Gasteiger charge is 2.28. The first kappa shape index (κ1) is 35.5. The number of hydrogen-bond donors (Lipinski definition) is 0. The second kappa shape index (κ2) is 13.7. The molecule has 0 spiro atoms. The highest BCUT2D eigenvalue weighted by Crippen LogP contribution is 2.45. The summed E-state index contributed by atoms with van der Waals surface area (Å²) in [6.45, 7) is 0. The first-order valence-electron chi connectivity index (χ1n) is 21.8. The highest BCUT2D eigenvalue weighted by atomic mass is 32.1. The van der Waals surface area contributed by atoms with Gasteiger partial charge < -0.3 is 4.57 Å². The van der Waals surface area contributed by atoms with Crippen LogP contribution < -0.4 is 0 Å². The maximum absolute atomic E-state index is 5.42. The summed E-state index contributed by atoms with van der Waals surface area (Å²) in [7, 11) is 0. The van der Waals surface area contributed by atoms with Crippen molar-refractivity contribution in [2.45, 2.75) is 12.5 Å². The molecule has 0 fully saturated rings. The van der Waals surface area contributed by atoms with Gasteiger partial charge in [-0.25, -0.2) is 15.0 Å². The second-order valence-corrected chi connectivity index (χ2v) is 17.8. The van der Waals surface area contributed by atoms with Crippen molar-refractivity contribution in [3.63, 3.8) is 0 Å². The third-order valence-electron chi connectivity index (χ3n) is 13.3. The Kier molecular flexibility index (Phi) is 7.58. The molecule has 0 radical (unpaired) electrons. The van der Waals surface area contributed by atoms with Crippen LogP contribution >= 0.6 is 11.3 Å². The molecular formula is C57H36N6S. The summed E-state index contributed by atoms with van der Waals surface area (Å²) in [5.41, 5.74) is 13.5. The summed E-state index contributed by atoms with van der Waals surface area (Å²) in [5.74, 6) is 0.958. The summed E-state index contributed by atoms with van der Waals surface area (Å²) < 4.78 is 9.69. The van der Waals surface area contributed by atoms with Gasteiger partial charge in [0, 0.05) is 89.1 Å². The summed E-state index contributed by atoms with van der Waals surface area (Å²) in [4.78, 5) is 15.3. The van der Waals surface area contributed by atoms with Crippen LogP contribution in [0.25, 0.3) is 109 Å². The summed E-state index contributed by atoms with van der Waals surface area (Å²) in [6, 6.07) is 65.9. The third kappa shape index (κ3) is 5.16. The molecule has 6 aromatic heterocycles. The van der Waals surface area contributed by atoms with Crippen molar-refractivity contribution in [3.8, 4) is 33.6 Å². The van der Waals surface area contributed by atoms with Gasteiger partial charge in [0.15, 0.2) is 0 Å². The molecule has 7 heteroatoms. The third-order valence-corrected chi connectivity index (χ3v) is 14.5. The molecule has 0 saturated heterocycles. The Bertz CT molecular complexity index is 3980. The van der Waals surface area contributed by atoms with Gasteiger partial charge in [0.05, 0.1) is 22.6 Å². The summed E-state index contributed by atoms with van der Waals surface area (Å²) in [6.07, 6.45) is 6.68. The van der Waals surface area contributed by atoms with Gasteiger partial charge in [-0.3, -0.25) is 9.13 Å². The predicted molar refractivity (Wildman–Crippen MR) is 267 cm³/mol. The lowest BCUT2D eigenvalue weighted by molar-refractivity contribution is 0.675. The van der Waals surface area contributed by atoms with Crippen LogP contribution in [0, 0.1) is 0 Å². The molecular weight excluding hydrogens is 801 g/mol. The number of aliphatic imine (C=N–C) groups is 1. The van der Waals surface area contributed by atoms with E-state index in [1.54, 1.807) is 0 Å². The number of aromatic nitrogens is 5. The van der Waals surface area contributed by atoms with Gasteiger partial charge in [0.2, 0.25) is 0 Å². The Balaban J connectivity index is 0.949. The van der Waals surface area contributed by atoms with Crippen molar-refractivity contribution in [1.82, 2.24) is 23.7 Å². The Morgan fingerprint density at radius 3 is 1.97 bits per heavy atom. The van der Waals surface area contributed by atoms with E-state index >= 15 is 0 Å². The first-order valence-corrected chi connectivity index (χ1v) is 22.6. The van der Waals surface area contributed by atoms with Gasteiger partial charge >= 0.3 is 0 Å². The molecule has 1 aliphatic heterocycles. The maximum atomic E-state index is 5.42. The smallest absolute Gasteiger partial charge is 0.145 e. The van der Waals surface area contributed by atoms with E-state index in [-0.39, 0.29) is 6.04 Å². The highest BCUT2D eigenvalue weighted by molar-refractivity contribution is 7.26. The van der Waals surface area contributed by atoms with Gasteiger partial charge in [-0.1, -0.05) is 103 Å². The lowest BCUT2D eigenvalue weighted by Gasteiger charge is -2.21. The lowest BCUT2D eigenvalue weighted by Crippen LogP contribution is -2.16. The standard InChI is InChI=1S/C57H36N6S/c1-4-23-50-42(16-1)46-21-10-28-58-55(46)62(50)39-26-27-52-48(32-39)49-33-40(63-51-24-5-2-17-43(51)47-22-11-29-59-56(47)63)34-60-57(49)61(52)38-15-8-13-36(31-38)35-12-7-14-37(30-35)41-19-9-20-45-44-18-3-6-25-53(44)64-54(41)45/h1-32,34,40H,33H2. The molecule has 7 aromatic carbocycles. The average molecular weight is 837 g/mol. The van der Waals surface area contributed by atoms with E-state index < -0.39 is 0 Å².